The summed E-state index contributed by atoms with van der Waals surface area (Å²) in [5, 5.41) is 6.32. The lowest BCUT2D eigenvalue weighted by atomic mass is 10.3. The largest absolute Gasteiger partial charge is 0.324 e. The highest BCUT2D eigenvalue weighted by molar-refractivity contribution is 5.90. The number of nitrogens with one attached hydrogen (secondary N) is 1. The number of carbonyl (C=O) groups excluding carboxylic acids is 1. The Kier molecular flexibility index (Phi) is 3.66. The van der Waals surface area contributed by atoms with E-state index < -0.39 is 11.6 Å². The Hall–Kier alpha value is -2.24. The third-order valence-corrected chi connectivity index (χ3v) is 2.33. The Morgan fingerprint density at radius 3 is 2.89 bits per heavy atom. The Balaban J connectivity index is 1.91. The number of rotatable bonds is 4. The zero-order valence-corrected chi connectivity index (χ0v) is 9.44. The second kappa shape index (κ2) is 5.39. The second-order valence-corrected chi connectivity index (χ2v) is 3.69. The van der Waals surface area contributed by atoms with Crippen molar-refractivity contribution < 1.29 is 13.6 Å². The fourth-order valence-electron chi connectivity index (χ4n) is 1.45. The van der Waals surface area contributed by atoms with Crippen molar-refractivity contribution in [2.75, 3.05) is 5.32 Å². The average Bonchev–Trinajstić information content (AvgIpc) is 2.83. The zero-order chi connectivity index (χ0) is 13.0. The van der Waals surface area contributed by atoms with Crippen LogP contribution in [0, 0.1) is 11.6 Å². The number of halogens is 2. The molecule has 0 aliphatic carbocycles. The SMILES string of the molecule is O=C(CCn1cccn1)Nc1ccc(F)cc1F. The Labute approximate surface area is 102 Å². The Bertz CT molecular complexity index is 540. The second-order valence-electron chi connectivity index (χ2n) is 3.69. The molecule has 4 nitrogen and oxygen atoms in total. The first-order valence-corrected chi connectivity index (χ1v) is 5.37. The lowest BCUT2D eigenvalue weighted by molar-refractivity contribution is -0.116. The summed E-state index contributed by atoms with van der Waals surface area (Å²) in [6, 6.07) is 4.75. The monoisotopic (exact) mass is 251 g/mol. The Morgan fingerprint density at radius 1 is 1.39 bits per heavy atom. The molecule has 0 atom stereocenters. The van der Waals surface area contributed by atoms with Gasteiger partial charge >= 0.3 is 0 Å². The van der Waals surface area contributed by atoms with E-state index in [1.165, 1.54) is 6.07 Å². The summed E-state index contributed by atoms with van der Waals surface area (Å²) in [5.74, 6) is -1.82. The quantitative estimate of drug-likeness (QED) is 0.905. The predicted octanol–water partition coefficient (Wildman–Crippen LogP) is 2.19. The number of benzene rings is 1. The van der Waals surface area contributed by atoms with Gasteiger partial charge in [0.1, 0.15) is 11.6 Å². The maximum Gasteiger partial charge on any atom is 0.226 e. The van der Waals surface area contributed by atoms with Crippen molar-refractivity contribution in [3.8, 4) is 0 Å². The number of carbonyl (C=O) groups is 1. The van der Waals surface area contributed by atoms with Crippen LogP contribution in [0.3, 0.4) is 0 Å². The number of anilines is 1. The topological polar surface area (TPSA) is 46.9 Å². The van der Waals surface area contributed by atoms with E-state index in [9.17, 15) is 13.6 Å². The van der Waals surface area contributed by atoms with Gasteiger partial charge in [0.2, 0.25) is 5.91 Å². The molecule has 2 rings (SSSR count). The van der Waals surface area contributed by atoms with Crippen LogP contribution in [0.5, 0.6) is 0 Å². The highest BCUT2D eigenvalue weighted by Gasteiger charge is 2.08. The van der Waals surface area contributed by atoms with Crippen molar-refractivity contribution in [2.24, 2.45) is 0 Å². The van der Waals surface area contributed by atoms with E-state index in [-0.39, 0.29) is 18.0 Å². The molecule has 0 radical (unpaired) electrons. The standard InChI is InChI=1S/C12H11F2N3O/c13-9-2-3-11(10(14)8-9)16-12(18)4-7-17-6-1-5-15-17/h1-3,5-6,8H,4,7H2,(H,16,18). The number of aromatic nitrogens is 2. The minimum Gasteiger partial charge on any atom is -0.324 e. The van der Waals surface area contributed by atoms with E-state index in [0.717, 1.165) is 12.1 Å². The molecule has 0 spiro atoms. The molecule has 6 heteroatoms. The van der Waals surface area contributed by atoms with Gasteiger partial charge < -0.3 is 5.32 Å². The van der Waals surface area contributed by atoms with Gasteiger partial charge in [0, 0.05) is 31.4 Å². The lowest BCUT2D eigenvalue weighted by Crippen LogP contribution is -2.15. The third-order valence-electron chi connectivity index (χ3n) is 2.33. The third kappa shape index (κ3) is 3.13. The maximum atomic E-state index is 13.3. The van der Waals surface area contributed by atoms with Crippen molar-refractivity contribution in [3.05, 3.63) is 48.3 Å². The maximum absolute atomic E-state index is 13.3. The number of hydrogen-bond acceptors (Lipinski definition) is 2. The molecule has 0 fully saturated rings. The van der Waals surface area contributed by atoms with Crippen LogP contribution in [0.1, 0.15) is 6.42 Å². The first-order valence-electron chi connectivity index (χ1n) is 5.37. The van der Waals surface area contributed by atoms with Gasteiger partial charge in [-0.05, 0) is 18.2 Å². The van der Waals surface area contributed by atoms with E-state index in [1.807, 2.05) is 0 Å². The summed E-state index contributed by atoms with van der Waals surface area (Å²) in [6.07, 6.45) is 3.50. The fraction of sp³-hybridized carbons (Fsp3) is 0.167. The molecule has 0 saturated heterocycles. The molecule has 0 aliphatic heterocycles. The zero-order valence-electron chi connectivity index (χ0n) is 9.44. The van der Waals surface area contributed by atoms with Crippen molar-refractivity contribution in [1.82, 2.24) is 9.78 Å². The summed E-state index contributed by atoms with van der Waals surface area (Å²) < 4.78 is 27.5. The van der Waals surface area contributed by atoms with Gasteiger partial charge in [0.05, 0.1) is 5.69 Å². The van der Waals surface area contributed by atoms with Gasteiger partial charge in [0.25, 0.3) is 0 Å². The smallest absolute Gasteiger partial charge is 0.226 e. The summed E-state index contributed by atoms with van der Waals surface area (Å²) in [5.41, 5.74) is -0.0261. The van der Waals surface area contributed by atoms with E-state index in [0.29, 0.717) is 6.54 Å². The molecule has 1 aromatic carbocycles. The van der Waals surface area contributed by atoms with Crippen LogP contribution in [0.15, 0.2) is 36.7 Å². The van der Waals surface area contributed by atoms with E-state index in [2.05, 4.69) is 10.4 Å². The first-order chi connectivity index (χ1) is 8.65. The predicted molar refractivity (Wildman–Crippen MR) is 61.8 cm³/mol. The highest BCUT2D eigenvalue weighted by Crippen LogP contribution is 2.15. The van der Waals surface area contributed by atoms with Gasteiger partial charge in [-0.1, -0.05) is 0 Å². The van der Waals surface area contributed by atoms with Crippen molar-refractivity contribution in [3.63, 3.8) is 0 Å². The summed E-state index contributed by atoms with van der Waals surface area (Å²) >= 11 is 0. The number of amides is 1. The molecule has 1 heterocycles. The van der Waals surface area contributed by atoms with Crippen LogP contribution in [-0.2, 0) is 11.3 Å². The summed E-state index contributed by atoms with van der Waals surface area (Å²) in [4.78, 5) is 11.5. The summed E-state index contributed by atoms with van der Waals surface area (Å²) in [7, 11) is 0. The molecule has 0 unspecified atom stereocenters. The van der Waals surface area contributed by atoms with Crippen molar-refractivity contribution >= 4 is 11.6 Å². The Morgan fingerprint density at radius 2 is 2.22 bits per heavy atom. The van der Waals surface area contributed by atoms with Crippen LogP contribution in [0.2, 0.25) is 0 Å². The van der Waals surface area contributed by atoms with Crippen LogP contribution in [-0.4, -0.2) is 15.7 Å². The van der Waals surface area contributed by atoms with E-state index in [4.69, 9.17) is 0 Å². The van der Waals surface area contributed by atoms with Gasteiger partial charge in [-0.3, -0.25) is 9.48 Å². The van der Waals surface area contributed by atoms with Crippen LogP contribution < -0.4 is 5.32 Å². The molecule has 1 aromatic heterocycles. The number of aryl methyl sites for hydroxylation is 1. The van der Waals surface area contributed by atoms with Crippen LogP contribution in [0.4, 0.5) is 14.5 Å². The molecule has 1 amide bonds. The van der Waals surface area contributed by atoms with Gasteiger partial charge in [-0.25, -0.2) is 8.78 Å². The molecule has 2 aromatic rings. The van der Waals surface area contributed by atoms with Gasteiger partial charge in [-0.2, -0.15) is 5.10 Å². The molecular formula is C12H11F2N3O. The van der Waals surface area contributed by atoms with Crippen LogP contribution in [0.25, 0.3) is 0 Å². The molecular weight excluding hydrogens is 240 g/mol. The highest BCUT2D eigenvalue weighted by atomic mass is 19.1. The van der Waals surface area contributed by atoms with Gasteiger partial charge in [0.15, 0.2) is 0 Å². The number of nitrogens with zero attached hydrogens (tertiary/aromatic N) is 2. The fourth-order valence-corrected chi connectivity index (χ4v) is 1.45. The first kappa shape index (κ1) is 12.2. The van der Waals surface area contributed by atoms with Gasteiger partial charge in [-0.15, -0.1) is 0 Å². The molecule has 0 bridgehead atoms. The average molecular weight is 251 g/mol. The van der Waals surface area contributed by atoms with Crippen LogP contribution >= 0.6 is 0 Å². The van der Waals surface area contributed by atoms with Crippen molar-refractivity contribution in [1.29, 1.82) is 0 Å². The minimum absolute atomic E-state index is 0.0261. The molecule has 0 aliphatic rings. The molecule has 1 N–H and O–H groups in total. The minimum atomic E-state index is -0.789. The summed E-state index contributed by atoms with van der Waals surface area (Å²) in [6.45, 7) is 0.404. The molecule has 18 heavy (non-hydrogen) atoms. The lowest BCUT2D eigenvalue weighted by Gasteiger charge is -2.06. The van der Waals surface area contributed by atoms with Crippen molar-refractivity contribution in [2.45, 2.75) is 13.0 Å². The van der Waals surface area contributed by atoms with E-state index >= 15 is 0 Å². The molecule has 0 saturated carbocycles. The molecule has 94 valence electrons. The van der Waals surface area contributed by atoms with E-state index in [1.54, 1.807) is 23.1 Å². The number of hydrogen-bond donors (Lipinski definition) is 1. The normalized spacial score (nSPS) is 10.3.